The molecule has 33 heavy (non-hydrogen) atoms. The number of carbonyl (C=O) groups excluding carboxylic acids is 2. The average molecular weight is 451 g/mol. The number of amides is 1. The van der Waals surface area contributed by atoms with Gasteiger partial charge in [0.1, 0.15) is 11.5 Å². The number of likely N-dealkylation sites (tertiary alicyclic amines) is 1. The fourth-order valence-corrected chi connectivity index (χ4v) is 4.10. The number of Topliss-reactive ketones (excluding diaryl/α,β-unsaturated/α-hetero) is 1. The van der Waals surface area contributed by atoms with Crippen molar-refractivity contribution in [2.24, 2.45) is 0 Å². The van der Waals surface area contributed by atoms with E-state index in [-0.39, 0.29) is 11.3 Å². The van der Waals surface area contributed by atoms with Gasteiger partial charge < -0.3 is 19.6 Å². The molecule has 1 heterocycles. The zero-order chi connectivity index (χ0) is 24.3. The number of aliphatic hydroxyl groups is 1. The van der Waals surface area contributed by atoms with E-state index in [2.05, 4.69) is 13.8 Å². The highest BCUT2D eigenvalue weighted by atomic mass is 16.5. The van der Waals surface area contributed by atoms with E-state index in [1.807, 2.05) is 57.1 Å². The Kier molecular flexibility index (Phi) is 7.59. The summed E-state index contributed by atoms with van der Waals surface area (Å²) in [5, 5.41) is 11.3. The Morgan fingerprint density at radius 3 is 2.33 bits per heavy atom. The molecule has 0 saturated carbocycles. The van der Waals surface area contributed by atoms with Crippen LogP contribution < -0.4 is 4.74 Å². The smallest absolute Gasteiger partial charge is 0.295 e. The summed E-state index contributed by atoms with van der Waals surface area (Å²) < 4.78 is 5.60. The van der Waals surface area contributed by atoms with E-state index in [4.69, 9.17) is 4.74 Å². The van der Waals surface area contributed by atoms with Gasteiger partial charge in [0.05, 0.1) is 18.2 Å². The number of carbonyl (C=O) groups is 2. The predicted molar refractivity (Wildman–Crippen MR) is 130 cm³/mol. The quantitative estimate of drug-likeness (QED) is 0.364. The molecule has 2 aromatic rings. The topological polar surface area (TPSA) is 70.1 Å². The minimum Gasteiger partial charge on any atom is -0.507 e. The van der Waals surface area contributed by atoms with Crippen molar-refractivity contribution in [3.05, 3.63) is 70.3 Å². The fourth-order valence-electron chi connectivity index (χ4n) is 4.10. The largest absolute Gasteiger partial charge is 0.507 e. The summed E-state index contributed by atoms with van der Waals surface area (Å²) in [4.78, 5) is 29.7. The van der Waals surface area contributed by atoms with Crippen LogP contribution in [0.5, 0.6) is 5.75 Å². The molecule has 1 saturated heterocycles. The number of hydrogen-bond acceptors (Lipinski definition) is 5. The first-order chi connectivity index (χ1) is 15.6. The summed E-state index contributed by atoms with van der Waals surface area (Å²) in [6, 6.07) is 12.6. The SMILES string of the molecule is CCOc1ccc(C(O)=C2C(=O)C(=O)N(CCN(C)C)[C@H]2c2ccc(C(C)C)cc2)cc1C. The molecule has 6 nitrogen and oxygen atoms in total. The first kappa shape index (κ1) is 24.5. The number of ketones is 1. The van der Waals surface area contributed by atoms with E-state index in [0.29, 0.717) is 31.2 Å². The van der Waals surface area contributed by atoms with E-state index in [1.165, 1.54) is 5.56 Å². The average Bonchev–Trinajstić information content (AvgIpc) is 3.03. The Hall–Kier alpha value is -3.12. The molecule has 1 amide bonds. The van der Waals surface area contributed by atoms with Crippen molar-refractivity contribution < 1.29 is 19.4 Å². The lowest BCUT2D eigenvalue weighted by atomic mass is 9.93. The van der Waals surface area contributed by atoms with Gasteiger partial charge in [-0.1, -0.05) is 38.1 Å². The zero-order valence-corrected chi connectivity index (χ0v) is 20.4. The van der Waals surface area contributed by atoms with Gasteiger partial charge in [0, 0.05) is 18.7 Å². The number of ether oxygens (including phenoxy) is 1. The third kappa shape index (κ3) is 5.11. The Balaban J connectivity index is 2.12. The van der Waals surface area contributed by atoms with Crippen molar-refractivity contribution in [3.63, 3.8) is 0 Å². The number of nitrogens with zero attached hydrogens (tertiary/aromatic N) is 2. The number of benzene rings is 2. The lowest BCUT2D eigenvalue weighted by molar-refractivity contribution is -0.140. The molecule has 1 aliphatic heterocycles. The Labute approximate surface area is 196 Å². The molecule has 6 heteroatoms. The molecular formula is C27H34N2O4. The molecule has 1 atom stereocenters. The van der Waals surface area contributed by atoms with E-state index < -0.39 is 17.7 Å². The van der Waals surface area contributed by atoms with Crippen LogP contribution in [0.4, 0.5) is 0 Å². The highest BCUT2D eigenvalue weighted by molar-refractivity contribution is 6.46. The van der Waals surface area contributed by atoms with Gasteiger partial charge in [0.15, 0.2) is 0 Å². The zero-order valence-electron chi connectivity index (χ0n) is 20.4. The van der Waals surface area contributed by atoms with Crippen LogP contribution in [-0.4, -0.2) is 60.4 Å². The van der Waals surface area contributed by atoms with Crippen molar-refractivity contribution in [2.75, 3.05) is 33.8 Å². The van der Waals surface area contributed by atoms with Gasteiger partial charge in [-0.2, -0.15) is 0 Å². The van der Waals surface area contributed by atoms with Crippen LogP contribution >= 0.6 is 0 Å². The second kappa shape index (κ2) is 10.2. The molecule has 0 aliphatic carbocycles. The molecule has 0 bridgehead atoms. The molecule has 0 radical (unpaired) electrons. The van der Waals surface area contributed by atoms with Crippen molar-refractivity contribution in [2.45, 2.75) is 39.7 Å². The number of rotatable bonds is 8. The molecule has 3 rings (SSSR count). The molecule has 176 valence electrons. The van der Waals surface area contributed by atoms with Crippen LogP contribution in [0, 0.1) is 6.92 Å². The third-order valence-electron chi connectivity index (χ3n) is 6.00. The van der Waals surface area contributed by atoms with Crippen LogP contribution in [0.25, 0.3) is 5.76 Å². The van der Waals surface area contributed by atoms with Crippen LogP contribution in [0.2, 0.25) is 0 Å². The summed E-state index contributed by atoms with van der Waals surface area (Å²) in [6.45, 7) is 9.56. The van der Waals surface area contributed by atoms with Crippen LogP contribution in [0.3, 0.4) is 0 Å². The number of likely N-dealkylation sites (N-methyl/N-ethyl adjacent to an activating group) is 1. The van der Waals surface area contributed by atoms with Gasteiger partial charge in [-0.25, -0.2) is 0 Å². The Morgan fingerprint density at radius 1 is 1.12 bits per heavy atom. The fraction of sp³-hybridized carbons (Fsp3) is 0.407. The van der Waals surface area contributed by atoms with E-state index in [0.717, 1.165) is 16.9 Å². The predicted octanol–water partition coefficient (Wildman–Crippen LogP) is 4.50. The van der Waals surface area contributed by atoms with Crippen LogP contribution in [0.15, 0.2) is 48.0 Å². The standard InChI is InChI=1S/C27H34N2O4/c1-7-33-22-13-12-21(16-18(22)4)25(30)23-24(20-10-8-19(9-11-20)17(2)3)29(15-14-28(5)6)27(32)26(23)31/h8-13,16-17,24,30H,7,14-15H2,1-6H3/t24-/m0/s1. The maximum Gasteiger partial charge on any atom is 0.295 e. The normalized spacial score (nSPS) is 17.9. The van der Waals surface area contributed by atoms with Gasteiger partial charge in [-0.15, -0.1) is 0 Å². The molecule has 1 aliphatic rings. The number of hydrogen-bond donors (Lipinski definition) is 1. The summed E-state index contributed by atoms with van der Waals surface area (Å²) in [5.74, 6) is -0.313. The van der Waals surface area contributed by atoms with Crippen LogP contribution in [0.1, 0.15) is 55.0 Å². The van der Waals surface area contributed by atoms with E-state index in [1.54, 1.807) is 23.1 Å². The van der Waals surface area contributed by atoms with Crippen molar-refractivity contribution >= 4 is 17.4 Å². The molecule has 0 aromatic heterocycles. The monoisotopic (exact) mass is 450 g/mol. The first-order valence-electron chi connectivity index (χ1n) is 11.4. The molecular weight excluding hydrogens is 416 g/mol. The molecule has 1 fully saturated rings. The molecule has 0 spiro atoms. The lowest BCUT2D eigenvalue weighted by Gasteiger charge is -2.27. The maximum absolute atomic E-state index is 13.1. The van der Waals surface area contributed by atoms with E-state index in [9.17, 15) is 14.7 Å². The van der Waals surface area contributed by atoms with Gasteiger partial charge >= 0.3 is 0 Å². The maximum atomic E-state index is 13.1. The Bertz CT molecular complexity index is 1050. The first-order valence-corrected chi connectivity index (χ1v) is 11.4. The molecule has 1 N–H and O–H groups in total. The van der Waals surface area contributed by atoms with Crippen LogP contribution in [-0.2, 0) is 9.59 Å². The van der Waals surface area contributed by atoms with Gasteiger partial charge in [0.25, 0.3) is 11.7 Å². The van der Waals surface area contributed by atoms with Gasteiger partial charge in [-0.05, 0) is 68.8 Å². The molecule has 0 unspecified atom stereocenters. The van der Waals surface area contributed by atoms with E-state index >= 15 is 0 Å². The van der Waals surface area contributed by atoms with Crippen molar-refractivity contribution in [3.8, 4) is 5.75 Å². The second-order valence-electron chi connectivity index (χ2n) is 9.03. The minimum atomic E-state index is -0.657. The lowest BCUT2D eigenvalue weighted by Crippen LogP contribution is -2.35. The highest BCUT2D eigenvalue weighted by Crippen LogP contribution is 2.40. The molecule has 2 aromatic carbocycles. The third-order valence-corrected chi connectivity index (χ3v) is 6.00. The summed E-state index contributed by atoms with van der Waals surface area (Å²) in [7, 11) is 3.84. The second-order valence-corrected chi connectivity index (χ2v) is 9.03. The summed E-state index contributed by atoms with van der Waals surface area (Å²) in [6.07, 6.45) is 0. The summed E-state index contributed by atoms with van der Waals surface area (Å²) in [5.41, 5.74) is 3.44. The van der Waals surface area contributed by atoms with Gasteiger partial charge in [-0.3, -0.25) is 9.59 Å². The minimum absolute atomic E-state index is 0.125. The summed E-state index contributed by atoms with van der Waals surface area (Å²) >= 11 is 0. The van der Waals surface area contributed by atoms with Gasteiger partial charge in [0.2, 0.25) is 0 Å². The number of aryl methyl sites for hydroxylation is 1. The Morgan fingerprint density at radius 2 is 1.79 bits per heavy atom. The number of aliphatic hydroxyl groups excluding tert-OH is 1. The van der Waals surface area contributed by atoms with Crippen molar-refractivity contribution in [1.82, 2.24) is 9.80 Å². The highest BCUT2D eigenvalue weighted by Gasteiger charge is 2.45. The van der Waals surface area contributed by atoms with Crippen molar-refractivity contribution in [1.29, 1.82) is 0 Å².